The van der Waals surface area contributed by atoms with E-state index in [-0.39, 0.29) is 0 Å². The molecule has 1 aromatic carbocycles. The maximum atomic E-state index is 5.33. The molecule has 0 aliphatic rings. The van der Waals surface area contributed by atoms with Crippen LogP contribution in [0.1, 0.15) is 18.1 Å². The molecule has 16 heavy (non-hydrogen) atoms. The van der Waals surface area contributed by atoms with E-state index in [1.54, 1.807) is 7.11 Å². The summed E-state index contributed by atoms with van der Waals surface area (Å²) < 4.78 is 6.24. The number of aryl methyl sites for hydroxylation is 2. The van der Waals surface area contributed by atoms with Crippen LogP contribution in [0.4, 0.5) is 0 Å². The van der Waals surface area contributed by atoms with Crippen LogP contribution in [-0.4, -0.2) is 12.1 Å². The van der Waals surface area contributed by atoms with Crippen molar-refractivity contribution in [1.82, 2.24) is 4.98 Å². The summed E-state index contributed by atoms with van der Waals surface area (Å²) in [5.41, 5.74) is 3.38. The summed E-state index contributed by atoms with van der Waals surface area (Å²) >= 11 is 3.50. The van der Waals surface area contributed by atoms with Crippen LogP contribution in [0.15, 0.2) is 22.8 Å². The van der Waals surface area contributed by atoms with E-state index in [0.717, 1.165) is 22.3 Å². The minimum absolute atomic E-state index is 0.823. The predicted octanol–water partition coefficient (Wildman–Crippen LogP) is 3.88. The first kappa shape index (κ1) is 11.4. The highest BCUT2D eigenvalue weighted by Gasteiger charge is 2.09. The lowest BCUT2D eigenvalue weighted by atomic mass is 10.1. The van der Waals surface area contributed by atoms with Crippen LogP contribution in [0.25, 0.3) is 10.9 Å². The summed E-state index contributed by atoms with van der Waals surface area (Å²) in [6.45, 7) is 4.22. The van der Waals surface area contributed by atoms with Crippen LogP contribution in [-0.2, 0) is 6.42 Å². The van der Waals surface area contributed by atoms with E-state index in [0.29, 0.717) is 0 Å². The van der Waals surface area contributed by atoms with Crippen LogP contribution in [0, 0.1) is 6.92 Å². The topological polar surface area (TPSA) is 22.1 Å². The van der Waals surface area contributed by atoms with Gasteiger partial charge in [-0.1, -0.05) is 13.0 Å². The molecule has 1 heterocycles. The second-order valence-corrected chi connectivity index (χ2v) is 4.52. The molecule has 1 aromatic heterocycles. The number of fused-ring (bicyclic) bond motifs is 1. The van der Waals surface area contributed by atoms with Crippen molar-refractivity contribution in [3.05, 3.63) is 33.9 Å². The summed E-state index contributed by atoms with van der Waals surface area (Å²) in [6.07, 6.45) is 0.972. The number of hydrogen-bond acceptors (Lipinski definition) is 2. The molecule has 2 rings (SSSR count). The van der Waals surface area contributed by atoms with Crippen molar-refractivity contribution >= 4 is 26.8 Å². The first-order chi connectivity index (χ1) is 7.67. The van der Waals surface area contributed by atoms with E-state index < -0.39 is 0 Å². The number of aromatic nitrogens is 1. The molecule has 0 bridgehead atoms. The Kier molecular flexibility index (Phi) is 3.15. The Bertz CT molecular complexity index is 537. The maximum absolute atomic E-state index is 5.33. The molecule has 0 saturated heterocycles. The normalized spacial score (nSPS) is 10.8. The number of halogens is 1. The Balaban J connectivity index is 2.82. The zero-order valence-corrected chi connectivity index (χ0v) is 11.3. The molecule has 2 nitrogen and oxygen atoms in total. The molecule has 0 spiro atoms. The van der Waals surface area contributed by atoms with E-state index in [9.17, 15) is 0 Å². The monoisotopic (exact) mass is 279 g/mol. The molecule has 0 aliphatic heterocycles. The fourth-order valence-electron chi connectivity index (χ4n) is 1.80. The molecular weight excluding hydrogens is 266 g/mol. The number of benzene rings is 1. The first-order valence-electron chi connectivity index (χ1n) is 5.30. The third-order valence-corrected chi connectivity index (χ3v) is 3.48. The maximum Gasteiger partial charge on any atom is 0.145 e. The number of ether oxygens (including phenoxy) is 1. The summed E-state index contributed by atoms with van der Waals surface area (Å²) in [6, 6.07) is 6.21. The van der Waals surface area contributed by atoms with E-state index in [1.165, 1.54) is 16.5 Å². The van der Waals surface area contributed by atoms with Gasteiger partial charge in [0.25, 0.3) is 0 Å². The van der Waals surface area contributed by atoms with Crippen molar-refractivity contribution in [1.29, 1.82) is 0 Å². The fraction of sp³-hybridized carbons (Fsp3) is 0.308. The van der Waals surface area contributed by atoms with Crippen molar-refractivity contribution in [2.45, 2.75) is 20.3 Å². The van der Waals surface area contributed by atoms with Gasteiger partial charge in [0.15, 0.2) is 0 Å². The number of methoxy groups -OCH3 is 1. The standard InChI is InChI=1S/C13H14BrNO/c1-4-9-7-10-8(2)5-6-11(16-3)12(10)15-13(9)14/h5-7H,4H2,1-3H3. The molecule has 0 atom stereocenters. The molecule has 0 amide bonds. The van der Waals surface area contributed by atoms with Gasteiger partial charge in [-0.25, -0.2) is 4.98 Å². The van der Waals surface area contributed by atoms with Gasteiger partial charge in [-0.05, 0) is 52.5 Å². The molecule has 0 saturated carbocycles. The lowest BCUT2D eigenvalue weighted by Crippen LogP contribution is -1.93. The Hall–Kier alpha value is -1.09. The van der Waals surface area contributed by atoms with Gasteiger partial charge in [-0.3, -0.25) is 0 Å². The summed E-state index contributed by atoms with van der Waals surface area (Å²) in [7, 11) is 1.67. The van der Waals surface area contributed by atoms with E-state index in [2.05, 4.69) is 46.9 Å². The number of hydrogen-bond donors (Lipinski definition) is 0. The smallest absolute Gasteiger partial charge is 0.145 e. The quantitative estimate of drug-likeness (QED) is 0.779. The second-order valence-electron chi connectivity index (χ2n) is 3.77. The Morgan fingerprint density at radius 3 is 2.75 bits per heavy atom. The molecule has 0 fully saturated rings. The third kappa shape index (κ3) is 1.80. The molecule has 3 heteroatoms. The van der Waals surface area contributed by atoms with Gasteiger partial charge < -0.3 is 4.74 Å². The average Bonchev–Trinajstić information content (AvgIpc) is 2.29. The molecule has 84 valence electrons. The highest BCUT2D eigenvalue weighted by atomic mass is 79.9. The molecule has 2 aromatic rings. The van der Waals surface area contributed by atoms with E-state index in [1.807, 2.05) is 6.07 Å². The lowest BCUT2D eigenvalue weighted by molar-refractivity contribution is 0.418. The number of rotatable bonds is 2. The van der Waals surface area contributed by atoms with Gasteiger partial charge in [-0.2, -0.15) is 0 Å². The van der Waals surface area contributed by atoms with Gasteiger partial charge in [0, 0.05) is 5.39 Å². The van der Waals surface area contributed by atoms with E-state index in [4.69, 9.17) is 4.74 Å². The largest absolute Gasteiger partial charge is 0.494 e. The summed E-state index contributed by atoms with van der Waals surface area (Å²) in [4.78, 5) is 4.57. The van der Waals surface area contributed by atoms with Crippen molar-refractivity contribution in [3.63, 3.8) is 0 Å². The molecule has 0 unspecified atom stereocenters. The third-order valence-electron chi connectivity index (χ3n) is 2.79. The Morgan fingerprint density at radius 2 is 2.12 bits per heavy atom. The Morgan fingerprint density at radius 1 is 1.38 bits per heavy atom. The minimum Gasteiger partial charge on any atom is -0.494 e. The zero-order valence-electron chi connectivity index (χ0n) is 9.67. The second kappa shape index (κ2) is 4.42. The van der Waals surface area contributed by atoms with Crippen molar-refractivity contribution in [3.8, 4) is 5.75 Å². The molecular formula is C13H14BrNO. The van der Waals surface area contributed by atoms with Gasteiger partial charge >= 0.3 is 0 Å². The van der Waals surface area contributed by atoms with Gasteiger partial charge in [0.1, 0.15) is 15.9 Å². The molecule has 0 radical (unpaired) electrons. The summed E-state index contributed by atoms with van der Waals surface area (Å²) in [5, 5.41) is 1.17. The predicted molar refractivity (Wildman–Crippen MR) is 70.1 cm³/mol. The Labute approximate surface area is 104 Å². The van der Waals surface area contributed by atoms with Gasteiger partial charge in [0.05, 0.1) is 7.11 Å². The molecule has 0 N–H and O–H groups in total. The highest BCUT2D eigenvalue weighted by molar-refractivity contribution is 9.10. The van der Waals surface area contributed by atoms with Crippen molar-refractivity contribution < 1.29 is 4.74 Å². The average molecular weight is 280 g/mol. The van der Waals surface area contributed by atoms with Crippen molar-refractivity contribution in [2.24, 2.45) is 0 Å². The van der Waals surface area contributed by atoms with Crippen LogP contribution >= 0.6 is 15.9 Å². The fourth-order valence-corrected chi connectivity index (χ4v) is 2.37. The molecule has 0 aliphatic carbocycles. The lowest BCUT2D eigenvalue weighted by Gasteiger charge is -2.10. The van der Waals surface area contributed by atoms with Crippen molar-refractivity contribution in [2.75, 3.05) is 7.11 Å². The van der Waals surface area contributed by atoms with Gasteiger partial charge in [0.2, 0.25) is 0 Å². The number of pyridine rings is 1. The van der Waals surface area contributed by atoms with Crippen LogP contribution in [0.2, 0.25) is 0 Å². The van der Waals surface area contributed by atoms with Crippen LogP contribution in [0.5, 0.6) is 5.75 Å². The van der Waals surface area contributed by atoms with Crippen LogP contribution in [0.3, 0.4) is 0 Å². The highest BCUT2D eigenvalue weighted by Crippen LogP contribution is 2.30. The minimum atomic E-state index is 0.823. The van der Waals surface area contributed by atoms with E-state index >= 15 is 0 Å². The summed E-state index contributed by atoms with van der Waals surface area (Å²) in [5.74, 6) is 0.823. The number of nitrogens with zero attached hydrogens (tertiary/aromatic N) is 1. The SMILES string of the molecule is CCc1cc2c(C)ccc(OC)c2nc1Br. The zero-order chi connectivity index (χ0) is 11.7. The van der Waals surface area contributed by atoms with Gasteiger partial charge in [-0.15, -0.1) is 0 Å². The van der Waals surface area contributed by atoms with Crippen LogP contribution < -0.4 is 4.74 Å². The first-order valence-corrected chi connectivity index (χ1v) is 6.09.